The molecule has 0 unspecified atom stereocenters. The van der Waals surface area contributed by atoms with Crippen LogP contribution in [-0.4, -0.2) is 15.0 Å². The Morgan fingerprint density at radius 1 is 0.811 bits per heavy atom. The highest BCUT2D eigenvalue weighted by Gasteiger charge is 2.20. The molecule has 0 saturated carbocycles. The Morgan fingerprint density at radius 3 is 1.95 bits per heavy atom. The lowest BCUT2D eigenvalue weighted by Crippen LogP contribution is -2.17. The molecule has 4 aromatic carbocycles. The van der Waals surface area contributed by atoms with Crippen molar-refractivity contribution in [2.75, 3.05) is 17.7 Å². The molecule has 0 aliphatic heterocycles. The number of nitrogens with two attached hydrogens (primary N) is 2. The average molecular weight is 518 g/mol. The molecule has 0 amide bonds. The van der Waals surface area contributed by atoms with Gasteiger partial charge < -0.3 is 15.8 Å². The second-order valence-electron chi connectivity index (χ2n) is 8.61. The van der Waals surface area contributed by atoms with Gasteiger partial charge in [0.1, 0.15) is 5.75 Å². The number of ether oxygens (including phenoxy) is 1. The summed E-state index contributed by atoms with van der Waals surface area (Å²) in [6, 6.07) is 32.5. The first-order chi connectivity index (χ1) is 17.9. The molecule has 194 valence electrons. The quantitative estimate of drug-likeness (QED) is 0.177. The third-order valence-electron chi connectivity index (χ3n) is 5.58. The van der Waals surface area contributed by atoms with Crippen molar-refractivity contribution in [3.63, 3.8) is 0 Å². The van der Waals surface area contributed by atoms with E-state index in [1.54, 1.807) is 6.07 Å². The normalized spacial score (nSPS) is 10.8. The van der Waals surface area contributed by atoms with E-state index in [4.69, 9.17) is 15.6 Å². The number of rotatable bonds is 10. The molecule has 0 saturated heterocycles. The molecule has 0 radical (unpaired) electrons. The van der Waals surface area contributed by atoms with E-state index in [2.05, 4.69) is 12.2 Å². The minimum atomic E-state index is -3.92. The Bertz CT molecular complexity index is 1330. The van der Waals surface area contributed by atoms with Crippen LogP contribution >= 0.6 is 0 Å². The van der Waals surface area contributed by atoms with Crippen molar-refractivity contribution in [2.45, 2.75) is 37.6 Å². The summed E-state index contributed by atoms with van der Waals surface area (Å²) in [6.07, 6.45) is 2.31. The topological polar surface area (TPSA) is 107 Å². The maximum absolute atomic E-state index is 12.5. The Hall–Kier alpha value is -3.81. The van der Waals surface area contributed by atoms with Gasteiger partial charge >= 0.3 is 0 Å². The van der Waals surface area contributed by atoms with E-state index in [0.717, 1.165) is 35.3 Å². The van der Waals surface area contributed by atoms with Gasteiger partial charge in [-0.1, -0.05) is 80.1 Å². The second-order valence-corrected chi connectivity index (χ2v) is 10.1. The van der Waals surface area contributed by atoms with E-state index in [-0.39, 0.29) is 4.90 Å². The summed E-state index contributed by atoms with van der Waals surface area (Å²) in [7, 11) is -3.92. The first-order valence-electron chi connectivity index (χ1n) is 12.3. The Labute approximate surface area is 220 Å². The van der Waals surface area contributed by atoms with Crippen LogP contribution in [0.4, 0.5) is 11.4 Å². The molecular formula is C30H35N3O3S. The largest absolute Gasteiger partial charge is 0.493 e. The lowest BCUT2D eigenvalue weighted by atomic mass is 10.0. The van der Waals surface area contributed by atoms with E-state index in [1.807, 2.05) is 97.1 Å². The third-order valence-corrected chi connectivity index (χ3v) is 6.56. The number of nitrogens with one attached hydrogen (secondary N) is 1. The Balaban J connectivity index is 0.000000468. The van der Waals surface area contributed by atoms with Crippen molar-refractivity contribution in [2.24, 2.45) is 5.14 Å². The summed E-state index contributed by atoms with van der Waals surface area (Å²) in [5.74, 6) is 0.573. The van der Waals surface area contributed by atoms with Crippen molar-refractivity contribution < 1.29 is 13.2 Å². The summed E-state index contributed by atoms with van der Waals surface area (Å²) in [5, 5.41) is 8.92. The first-order valence-corrected chi connectivity index (χ1v) is 13.9. The van der Waals surface area contributed by atoms with Gasteiger partial charge in [0.05, 0.1) is 11.5 Å². The van der Waals surface area contributed by atoms with E-state index < -0.39 is 10.0 Å². The van der Waals surface area contributed by atoms with Gasteiger partial charge in [-0.2, -0.15) is 0 Å². The lowest BCUT2D eigenvalue weighted by molar-refractivity contribution is 0.305. The molecule has 0 atom stereocenters. The molecule has 0 fully saturated rings. The molecule has 0 heterocycles. The highest BCUT2D eigenvalue weighted by molar-refractivity contribution is 7.89. The Kier molecular flexibility index (Phi) is 10.6. The number of hydrogen-bond donors (Lipinski definition) is 3. The minimum absolute atomic E-state index is 0.116. The molecule has 6 nitrogen and oxygen atoms in total. The molecule has 0 aromatic heterocycles. The van der Waals surface area contributed by atoms with Crippen LogP contribution in [-0.2, 0) is 23.0 Å². The fourth-order valence-electron chi connectivity index (χ4n) is 3.67. The van der Waals surface area contributed by atoms with E-state index in [9.17, 15) is 8.42 Å². The number of sulfonamides is 1. The van der Waals surface area contributed by atoms with Crippen molar-refractivity contribution in [3.8, 4) is 5.75 Å². The van der Waals surface area contributed by atoms with Crippen LogP contribution < -0.4 is 20.9 Å². The zero-order chi connectivity index (χ0) is 26.5. The van der Waals surface area contributed by atoms with Gasteiger partial charge in [0, 0.05) is 29.9 Å². The summed E-state index contributed by atoms with van der Waals surface area (Å²) in [5.41, 5.74) is 9.53. The maximum Gasteiger partial charge on any atom is 0.238 e. The zero-order valence-corrected chi connectivity index (χ0v) is 22.0. The molecule has 0 spiro atoms. The smallest absolute Gasteiger partial charge is 0.238 e. The van der Waals surface area contributed by atoms with Gasteiger partial charge in [-0.25, -0.2) is 13.6 Å². The number of hydrogen-bond acceptors (Lipinski definition) is 5. The fourth-order valence-corrected chi connectivity index (χ4v) is 4.50. The SMILES string of the molecule is CCCCOc1cc(CNc2ccccc2)cc(S(N)(=O)=O)c1Cc1ccccc1.Nc1ccccc1. The number of nitrogen functional groups attached to an aromatic ring is 1. The van der Waals surface area contributed by atoms with Gasteiger partial charge in [-0.05, 0) is 53.9 Å². The van der Waals surface area contributed by atoms with Crippen LogP contribution in [0, 0.1) is 0 Å². The van der Waals surface area contributed by atoms with Crippen molar-refractivity contribution >= 4 is 21.4 Å². The van der Waals surface area contributed by atoms with Gasteiger partial charge in [0.25, 0.3) is 0 Å². The molecule has 4 rings (SSSR count). The monoisotopic (exact) mass is 517 g/mol. The average Bonchev–Trinajstić information content (AvgIpc) is 2.90. The van der Waals surface area contributed by atoms with Gasteiger partial charge in [-0.15, -0.1) is 0 Å². The number of para-hydroxylation sites is 2. The predicted molar refractivity (Wildman–Crippen MR) is 152 cm³/mol. The van der Waals surface area contributed by atoms with Crippen LogP contribution in [0.5, 0.6) is 5.75 Å². The minimum Gasteiger partial charge on any atom is -0.493 e. The summed E-state index contributed by atoms with van der Waals surface area (Å²) in [4.78, 5) is 0.116. The molecular weight excluding hydrogens is 482 g/mol. The number of unbranched alkanes of at least 4 members (excludes halogenated alkanes) is 1. The van der Waals surface area contributed by atoms with Crippen LogP contribution in [0.15, 0.2) is 108 Å². The number of benzene rings is 4. The van der Waals surface area contributed by atoms with E-state index >= 15 is 0 Å². The van der Waals surface area contributed by atoms with Crippen LogP contribution in [0.25, 0.3) is 0 Å². The predicted octanol–water partition coefficient (Wildman–Crippen LogP) is 5.98. The summed E-state index contributed by atoms with van der Waals surface area (Å²) < 4.78 is 30.9. The molecule has 4 aromatic rings. The molecule has 0 aliphatic rings. The lowest BCUT2D eigenvalue weighted by Gasteiger charge is -2.18. The van der Waals surface area contributed by atoms with Gasteiger partial charge in [-0.3, -0.25) is 0 Å². The van der Waals surface area contributed by atoms with Crippen LogP contribution in [0.3, 0.4) is 0 Å². The highest BCUT2D eigenvalue weighted by Crippen LogP contribution is 2.31. The Morgan fingerprint density at radius 2 is 1.41 bits per heavy atom. The van der Waals surface area contributed by atoms with Gasteiger partial charge in [0.15, 0.2) is 0 Å². The van der Waals surface area contributed by atoms with Crippen molar-refractivity contribution in [3.05, 3.63) is 120 Å². The van der Waals surface area contributed by atoms with Crippen molar-refractivity contribution in [1.29, 1.82) is 0 Å². The number of anilines is 2. The molecule has 0 bridgehead atoms. The van der Waals surface area contributed by atoms with Crippen LogP contribution in [0.2, 0.25) is 0 Å². The standard InChI is InChI=1S/C24H28N2O3S.C6H7N/c1-2-3-14-29-23-16-20(18-26-21-12-8-5-9-13-21)17-24(30(25,27)28)22(23)15-19-10-6-4-7-11-19;7-6-4-2-1-3-5-6/h4-13,16-17,26H,2-3,14-15,18H2,1H3,(H2,25,27,28);1-5H,7H2. The van der Waals surface area contributed by atoms with E-state index in [0.29, 0.717) is 30.9 Å². The summed E-state index contributed by atoms with van der Waals surface area (Å²) >= 11 is 0. The first kappa shape index (κ1) is 27.8. The molecule has 0 aliphatic carbocycles. The van der Waals surface area contributed by atoms with E-state index in [1.165, 1.54) is 0 Å². The highest BCUT2D eigenvalue weighted by atomic mass is 32.2. The number of primary sulfonamides is 1. The maximum atomic E-state index is 12.5. The van der Waals surface area contributed by atoms with Gasteiger partial charge in [0.2, 0.25) is 10.0 Å². The van der Waals surface area contributed by atoms with Crippen molar-refractivity contribution in [1.82, 2.24) is 0 Å². The molecule has 5 N–H and O–H groups in total. The van der Waals surface area contributed by atoms with Crippen LogP contribution in [0.1, 0.15) is 36.5 Å². The zero-order valence-electron chi connectivity index (χ0n) is 21.1. The second kappa shape index (κ2) is 14.1. The third kappa shape index (κ3) is 9.29. The molecule has 37 heavy (non-hydrogen) atoms. The fraction of sp³-hybridized carbons (Fsp3) is 0.200. The summed E-state index contributed by atoms with van der Waals surface area (Å²) in [6.45, 7) is 3.07. The molecule has 7 heteroatoms.